The summed E-state index contributed by atoms with van der Waals surface area (Å²) < 4.78 is 7.61. The van der Waals surface area contributed by atoms with E-state index in [4.69, 9.17) is 4.42 Å². The summed E-state index contributed by atoms with van der Waals surface area (Å²) in [7, 11) is 0. The summed E-state index contributed by atoms with van der Waals surface area (Å²) in [6.07, 6.45) is 7.29. The van der Waals surface area contributed by atoms with Crippen LogP contribution in [-0.2, 0) is 25.9 Å². The first-order chi connectivity index (χ1) is 11.9. The van der Waals surface area contributed by atoms with E-state index in [2.05, 4.69) is 37.3 Å². The zero-order chi connectivity index (χ0) is 16.6. The maximum absolute atomic E-state index is 5.32. The molecule has 0 fully saturated rings. The fraction of sp³-hybridized carbons (Fsp3) is 0.588. The number of guanidine groups is 1. The summed E-state index contributed by atoms with van der Waals surface area (Å²) in [5.74, 6) is 3.86. The van der Waals surface area contributed by atoms with E-state index in [9.17, 15) is 0 Å². The third kappa shape index (κ3) is 5.72. The summed E-state index contributed by atoms with van der Waals surface area (Å²) in [4.78, 5) is 4.54. The highest BCUT2D eigenvalue weighted by Gasteiger charge is 2.14. The van der Waals surface area contributed by atoms with Crippen molar-refractivity contribution in [1.82, 2.24) is 25.4 Å². The van der Waals surface area contributed by atoms with E-state index in [1.165, 1.54) is 19.3 Å². The predicted molar refractivity (Wildman–Crippen MR) is 108 cm³/mol. The molecular weight excluding hydrogens is 431 g/mol. The summed E-state index contributed by atoms with van der Waals surface area (Å²) in [5.41, 5.74) is 0. The van der Waals surface area contributed by atoms with Crippen molar-refractivity contribution in [2.75, 3.05) is 13.1 Å². The largest absolute Gasteiger partial charge is 0.467 e. The van der Waals surface area contributed by atoms with Gasteiger partial charge in [0.2, 0.25) is 0 Å². The van der Waals surface area contributed by atoms with Crippen LogP contribution in [0.15, 0.2) is 27.8 Å². The summed E-state index contributed by atoms with van der Waals surface area (Å²) in [5, 5.41) is 15.3. The zero-order valence-electron chi connectivity index (χ0n) is 14.7. The maximum atomic E-state index is 5.32. The SMILES string of the molecule is CCNC(=NCc1ccco1)NCCc1nnc2n1CCCCC2.I. The first kappa shape index (κ1) is 19.7. The van der Waals surface area contributed by atoms with Crippen molar-refractivity contribution in [1.29, 1.82) is 0 Å². The van der Waals surface area contributed by atoms with Crippen LogP contribution in [-0.4, -0.2) is 33.8 Å². The van der Waals surface area contributed by atoms with Crippen LogP contribution in [0.5, 0.6) is 0 Å². The molecule has 2 aromatic heterocycles. The molecule has 138 valence electrons. The maximum Gasteiger partial charge on any atom is 0.191 e. The number of nitrogens with zero attached hydrogens (tertiary/aromatic N) is 4. The van der Waals surface area contributed by atoms with Crippen molar-refractivity contribution in [3.8, 4) is 0 Å². The number of halogens is 1. The minimum absolute atomic E-state index is 0. The molecule has 0 spiro atoms. The van der Waals surface area contributed by atoms with Crippen LogP contribution in [0.25, 0.3) is 0 Å². The number of hydrogen-bond donors (Lipinski definition) is 2. The Kier molecular flexibility index (Phi) is 8.23. The third-order valence-electron chi connectivity index (χ3n) is 4.14. The molecule has 1 aliphatic rings. The molecule has 0 saturated carbocycles. The molecule has 25 heavy (non-hydrogen) atoms. The molecule has 0 amide bonds. The van der Waals surface area contributed by atoms with Crippen molar-refractivity contribution in [3.63, 3.8) is 0 Å². The number of rotatable bonds is 6. The fourth-order valence-corrected chi connectivity index (χ4v) is 2.92. The van der Waals surface area contributed by atoms with Gasteiger partial charge in [0.15, 0.2) is 5.96 Å². The van der Waals surface area contributed by atoms with Crippen molar-refractivity contribution >= 4 is 29.9 Å². The molecule has 3 heterocycles. The highest BCUT2D eigenvalue weighted by atomic mass is 127. The number of fused-ring (bicyclic) bond motifs is 1. The van der Waals surface area contributed by atoms with E-state index in [0.717, 1.165) is 55.8 Å². The molecule has 1 aliphatic heterocycles. The molecule has 0 saturated heterocycles. The molecular formula is C17H27IN6O. The lowest BCUT2D eigenvalue weighted by atomic mass is 10.2. The first-order valence-electron chi connectivity index (χ1n) is 8.82. The second-order valence-corrected chi connectivity index (χ2v) is 5.95. The number of hydrogen-bond acceptors (Lipinski definition) is 4. The van der Waals surface area contributed by atoms with Gasteiger partial charge in [0, 0.05) is 32.5 Å². The van der Waals surface area contributed by atoms with E-state index in [1.807, 2.05) is 12.1 Å². The lowest BCUT2D eigenvalue weighted by Gasteiger charge is -2.11. The summed E-state index contributed by atoms with van der Waals surface area (Å²) in [6, 6.07) is 3.81. The second kappa shape index (κ2) is 10.4. The highest BCUT2D eigenvalue weighted by Crippen LogP contribution is 2.14. The lowest BCUT2D eigenvalue weighted by molar-refractivity contribution is 0.512. The predicted octanol–water partition coefficient (Wildman–Crippen LogP) is 2.51. The van der Waals surface area contributed by atoms with Gasteiger partial charge in [0.25, 0.3) is 0 Å². The third-order valence-corrected chi connectivity index (χ3v) is 4.14. The molecule has 0 atom stereocenters. The van der Waals surface area contributed by atoms with Gasteiger partial charge in [0.1, 0.15) is 24.0 Å². The van der Waals surface area contributed by atoms with Crippen LogP contribution in [0.4, 0.5) is 0 Å². The van der Waals surface area contributed by atoms with Gasteiger partial charge in [0.05, 0.1) is 6.26 Å². The van der Waals surface area contributed by atoms with Gasteiger partial charge in [-0.25, -0.2) is 4.99 Å². The quantitative estimate of drug-likeness (QED) is 0.395. The minimum atomic E-state index is 0. The Morgan fingerprint density at radius 1 is 1.28 bits per heavy atom. The van der Waals surface area contributed by atoms with E-state index >= 15 is 0 Å². The number of furan rings is 1. The van der Waals surface area contributed by atoms with Gasteiger partial charge in [-0.15, -0.1) is 34.2 Å². The Bertz CT molecular complexity index is 652. The monoisotopic (exact) mass is 458 g/mol. The molecule has 0 radical (unpaired) electrons. The van der Waals surface area contributed by atoms with Gasteiger partial charge in [-0.1, -0.05) is 6.42 Å². The topological polar surface area (TPSA) is 80.3 Å². The number of aliphatic imine (C=N–C) groups is 1. The van der Waals surface area contributed by atoms with Gasteiger partial charge in [-0.05, 0) is 31.9 Å². The molecule has 2 aromatic rings. The molecule has 8 heteroatoms. The Labute approximate surface area is 165 Å². The van der Waals surface area contributed by atoms with E-state index < -0.39 is 0 Å². The minimum Gasteiger partial charge on any atom is -0.467 e. The van der Waals surface area contributed by atoms with E-state index in [-0.39, 0.29) is 24.0 Å². The van der Waals surface area contributed by atoms with Crippen LogP contribution in [0.1, 0.15) is 43.6 Å². The molecule has 0 aliphatic carbocycles. The van der Waals surface area contributed by atoms with E-state index in [1.54, 1.807) is 6.26 Å². The van der Waals surface area contributed by atoms with Crippen LogP contribution in [0.2, 0.25) is 0 Å². The molecule has 0 bridgehead atoms. The number of aromatic nitrogens is 3. The van der Waals surface area contributed by atoms with Gasteiger partial charge >= 0.3 is 0 Å². The normalized spacial score (nSPS) is 14.4. The van der Waals surface area contributed by atoms with Crippen LogP contribution < -0.4 is 10.6 Å². The van der Waals surface area contributed by atoms with Gasteiger partial charge < -0.3 is 19.6 Å². The number of nitrogens with one attached hydrogen (secondary N) is 2. The average Bonchev–Trinajstić information content (AvgIpc) is 3.18. The second-order valence-electron chi connectivity index (χ2n) is 5.95. The Balaban J connectivity index is 0.00000225. The molecule has 2 N–H and O–H groups in total. The smallest absolute Gasteiger partial charge is 0.191 e. The molecule has 3 rings (SSSR count). The van der Waals surface area contributed by atoms with Crippen LogP contribution in [0.3, 0.4) is 0 Å². The van der Waals surface area contributed by atoms with Crippen molar-refractivity contribution in [2.45, 2.75) is 52.1 Å². The Hall–Kier alpha value is -1.58. The average molecular weight is 458 g/mol. The standard InChI is InChI=1S/C17H26N6O.HI/c1-2-18-17(20-13-14-7-6-12-24-14)19-10-9-16-22-21-15-8-4-3-5-11-23(15)16;/h6-7,12H,2-5,8-11,13H2,1H3,(H2,18,19,20);1H. The van der Waals surface area contributed by atoms with Crippen LogP contribution in [0, 0.1) is 0 Å². The molecule has 0 unspecified atom stereocenters. The van der Waals surface area contributed by atoms with Crippen molar-refractivity contribution in [3.05, 3.63) is 35.8 Å². The molecule has 0 aromatic carbocycles. The number of aryl methyl sites for hydroxylation is 1. The fourth-order valence-electron chi connectivity index (χ4n) is 2.92. The highest BCUT2D eigenvalue weighted by molar-refractivity contribution is 14.0. The summed E-state index contributed by atoms with van der Waals surface area (Å²) in [6.45, 7) is 5.24. The van der Waals surface area contributed by atoms with Crippen LogP contribution >= 0.6 is 24.0 Å². The van der Waals surface area contributed by atoms with Crippen molar-refractivity contribution < 1.29 is 4.42 Å². The van der Waals surface area contributed by atoms with Gasteiger partial charge in [-0.2, -0.15) is 0 Å². The zero-order valence-corrected chi connectivity index (χ0v) is 17.0. The Morgan fingerprint density at radius 2 is 2.20 bits per heavy atom. The summed E-state index contributed by atoms with van der Waals surface area (Å²) >= 11 is 0. The molecule has 7 nitrogen and oxygen atoms in total. The Morgan fingerprint density at radius 3 is 3.00 bits per heavy atom. The van der Waals surface area contributed by atoms with E-state index in [0.29, 0.717) is 6.54 Å². The van der Waals surface area contributed by atoms with Gasteiger partial charge in [-0.3, -0.25) is 0 Å². The van der Waals surface area contributed by atoms with Crippen molar-refractivity contribution in [2.24, 2.45) is 4.99 Å². The lowest BCUT2D eigenvalue weighted by Crippen LogP contribution is -2.38. The first-order valence-corrected chi connectivity index (χ1v) is 8.82.